The molecule has 25 heavy (non-hydrogen) atoms. The number of anilines is 3. The third-order valence-electron chi connectivity index (χ3n) is 4.59. The number of aromatic nitrogens is 3. The lowest BCUT2D eigenvalue weighted by Crippen LogP contribution is -2.39. The van der Waals surface area contributed by atoms with Crippen LogP contribution in [-0.4, -0.2) is 42.0 Å². The third-order valence-corrected chi connectivity index (χ3v) is 4.59. The molecule has 2 aromatic rings. The molecule has 2 heterocycles. The maximum absolute atomic E-state index is 5.41. The predicted molar refractivity (Wildman–Crippen MR) is 97.9 cm³/mol. The zero-order chi connectivity index (χ0) is 17.6. The lowest BCUT2D eigenvalue weighted by molar-refractivity contribution is 0.395. The van der Waals surface area contributed by atoms with Gasteiger partial charge in [0.1, 0.15) is 11.5 Å². The number of nitrogens with zero attached hydrogens (tertiary/aromatic N) is 4. The molecule has 1 atom stereocenters. The molecule has 1 aliphatic rings. The van der Waals surface area contributed by atoms with Crippen LogP contribution in [0.2, 0.25) is 0 Å². The molecule has 3 rings (SSSR count). The molecule has 0 bridgehead atoms. The quantitative estimate of drug-likeness (QED) is 0.861. The van der Waals surface area contributed by atoms with Gasteiger partial charge in [-0.25, -0.2) is 0 Å². The first-order valence-electron chi connectivity index (χ1n) is 8.70. The summed E-state index contributed by atoms with van der Waals surface area (Å²) in [5.41, 5.74) is 0.771. The summed E-state index contributed by atoms with van der Waals surface area (Å²) in [5, 5.41) is 11.4. The molecule has 1 fully saturated rings. The van der Waals surface area contributed by atoms with E-state index in [0.717, 1.165) is 30.2 Å². The summed E-state index contributed by atoms with van der Waals surface area (Å²) in [6.07, 6.45) is 6.52. The summed E-state index contributed by atoms with van der Waals surface area (Å²) in [4.78, 5) is 7.00. The minimum absolute atomic E-state index is 0.460. The number of ether oxygens (including phenoxy) is 2. The second-order valence-electron chi connectivity index (χ2n) is 6.08. The van der Waals surface area contributed by atoms with E-state index in [-0.39, 0.29) is 0 Å². The Balaban J connectivity index is 1.82. The van der Waals surface area contributed by atoms with Gasteiger partial charge < -0.3 is 19.7 Å². The summed E-state index contributed by atoms with van der Waals surface area (Å²) in [5.74, 6) is 2.73. The summed E-state index contributed by atoms with van der Waals surface area (Å²) >= 11 is 0. The second-order valence-corrected chi connectivity index (χ2v) is 6.08. The summed E-state index contributed by atoms with van der Waals surface area (Å²) in [6, 6.07) is 6.08. The zero-order valence-electron chi connectivity index (χ0n) is 15.0. The molecule has 0 saturated carbocycles. The summed E-state index contributed by atoms with van der Waals surface area (Å²) in [7, 11) is 3.25. The predicted octanol–water partition coefficient (Wildman–Crippen LogP) is 3.40. The largest absolute Gasteiger partial charge is 0.497 e. The van der Waals surface area contributed by atoms with Gasteiger partial charge in [0.05, 0.1) is 26.1 Å². The second kappa shape index (κ2) is 8.00. The van der Waals surface area contributed by atoms with Gasteiger partial charge in [-0.3, -0.25) is 0 Å². The van der Waals surface area contributed by atoms with Crippen molar-refractivity contribution in [2.24, 2.45) is 0 Å². The van der Waals surface area contributed by atoms with Gasteiger partial charge in [-0.2, -0.15) is 10.1 Å². The van der Waals surface area contributed by atoms with E-state index in [9.17, 15) is 0 Å². The highest BCUT2D eigenvalue weighted by molar-refractivity contribution is 5.64. The van der Waals surface area contributed by atoms with Crippen molar-refractivity contribution in [1.82, 2.24) is 15.2 Å². The molecule has 1 aromatic heterocycles. The van der Waals surface area contributed by atoms with Crippen LogP contribution in [0, 0.1) is 0 Å². The molecule has 0 aliphatic carbocycles. The molecule has 1 saturated heterocycles. The van der Waals surface area contributed by atoms with Gasteiger partial charge >= 0.3 is 0 Å². The monoisotopic (exact) mass is 343 g/mol. The van der Waals surface area contributed by atoms with E-state index in [1.807, 2.05) is 18.2 Å². The van der Waals surface area contributed by atoms with E-state index in [4.69, 9.17) is 9.47 Å². The minimum atomic E-state index is 0.460. The number of nitrogens with one attached hydrogen (secondary N) is 1. The molecule has 134 valence electrons. The normalized spacial score (nSPS) is 17.2. The molecular formula is C18H25N5O2. The van der Waals surface area contributed by atoms with Crippen molar-refractivity contribution >= 4 is 17.5 Å². The van der Waals surface area contributed by atoms with Crippen molar-refractivity contribution in [3.63, 3.8) is 0 Å². The van der Waals surface area contributed by atoms with Crippen LogP contribution < -0.4 is 19.7 Å². The van der Waals surface area contributed by atoms with Crippen molar-refractivity contribution < 1.29 is 9.47 Å². The fourth-order valence-electron chi connectivity index (χ4n) is 3.24. The Morgan fingerprint density at radius 1 is 1.24 bits per heavy atom. The fourth-order valence-corrected chi connectivity index (χ4v) is 3.24. The average molecular weight is 343 g/mol. The number of hydrogen-bond donors (Lipinski definition) is 1. The molecule has 7 nitrogen and oxygen atoms in total. The van der Waals surface area contributed by atoms with E-state index in [0.29, 0.717) is 17.7 Å². The Morgan fingerprint density at radius 2 is 2.12 bits per heavy atom. The summed E-state index contributed by atoms with van der Waals surface area (Å²) < 4.78 is 10.6. The molecule has 0 spiro atoms. The van der Waals surface area contributed by atoms with Crippen LogP contribution in [-0.2, 0) is 0 Å². The minimum Gasteiger partial charge on any atom is -0.497 e. The van der Waals surface area contributed by atoms with Crippen LogP contribution in [0.15, 0.2) is 24.4 Å². The van der Waals surface area contributed by atoms with Crippen molar-refractivity contribution in [1.29, 1.82) is 0 Å². The van der Waals surface area contributed by atoms with E-state index >= 15 is 0 Å². The molecule has 7 heteroatoms. The van der Waals surface area contributed by atoms with Crippen LogP contribution in [0.1, 0.15) is 32.6 Å². The molecule has 0 amide bonds. The van der Waals surface area contributed by atoms with Gasteiger partial charge in [-0.05, 0) is 37.8 Å². The number of hydrogen-bond acceptors (Lipinski definition) is 7. The van der Waals surface area contributed by atoms with Crippen molar-refractivity contribution in [3.8, 4) is 11.5 Å². The van der Waals surface area contributed by atoms with Gasteiger partial charge in [0.25, 0.3) is 0 Å². The number of benzene rings is 1. The van der Waals surface area contributed by atoms with E-state index in [1.54, 1.807) is 20.4 Å². The van der Waals surface area contributed by atoms with Crippen LogP contribution in [0.4, 0.5) is 17.5 Å². The van der Waals surface area contributed by atoms with Crippen LogP contribution in [0.25, 0.3) is 0 Å². The Labute approximate surface area is 148 Å². The Hall–Kier alpha value is -2.57. The first-order valence-corrected chi connectivity index (χ1v) is 8.70. The summed E-state index contributed by atoms with van der Waals surface area (Å²) in [6.45, 7) is 3.24. The lowest BCUT2D eigenvalue weighted by atomic mass is 10.0. The van der Waals surface area contributed by atoms with Crippen molar-refractivity contribution in [2.75, 3.05) is 31.0 Å². The number of methoxy groups -OCH3 is 2. The van der Waals surface area contributed by atoms with Gasteiger partial charge in [0, 0.05) is 18.7 Å². The maximum atomic E-state index is 5.41. The SMILES string of the molecule is CCC1CCCCN1c1cnnc(Nc2ccc(OC)cc2OC)n1. The molecule has 0 radical (unpaired) electrons. The number of piperidine rings is 1. The zero-order valence-corrected chi connectivity index (χ0v) is 15.0. The first-order chi connectivity index (χ1) is 12.2. The van der Waals surface area contributed by atoms with E-state index in [1.165, 1.54) is 19.3 Å². The molecule has 1 aliphatic heterocycles. The Morgan fingerprint density at radius 3 is 2.88 bits per heavy atom. The highest BCUT2D eigenvalue weighted by Gasteiger charge is 2.22. The topological polar surface area (TPSA) is 72.4 Å². The fraction of sp³-hybridized carbons (Fsp3) is 0.500. The highest BCUT2D eigenvalue weighted by Crippen LogP contribution is 2.31. The standard InChI is InChI=1S/C18H25N5O2/c1-4-13-7-5-6-10-23(13)17-12-19-22-18(21-17)20-15-9-8-14(24-2)11-16(15)25-3/h8-9,11-13H,4-7,10H2,1-3H3,(H,20,21,22). The van der Waals surface area contributed by atoms with Gasteiger partial charge in [-0.1, -0.05) is 6.92 Å². The van der Waals surface area contributed by atoms with Gasteiger partial charge in [0.15, 0.2) is 5.82 Å². The molecule has 1 N–H and O–H groups in total. The van der Waals surface area contributed by atoms with Crippen LogP contribution >= 0.6 is 0 Å². The van der Waals surface area contributed by atoms with Crippen LogP contribution in [0.5, 0.6) is 11.5 Å². The lowest BCUT2D eigenvalue weighted by Gasteiger charge is -2.35. The van der Waals surface area contributed by atoms with Gasteiger partial charge in [-0.15, -0.1) is 5.10 Å². The van der Waals surface area contributed by atoms with Crippen LogP contribution in [0.3, 0.4) is 0 Å². The smallest absolute Gasteiger partial charge is 0.249 e. The average Bonchev–Trinajstić information content (AvgIpc) is 2.68. The van der Waals surface area contributed by atoms with Crippen molar-refractivity contribution in [3.05, 3.63) is 24.4 Å². The number of rotatable bonds is 6. The highest BCUT2D eigenvalue weighted by atomic mass is 16.5. The van der Waals surface area contributed by atoms with Gasteiger partial charge in [0.2, 0.25) is 5.95 Å². The molecule has 1 unspecified atom stereocenters. The molecular weight excluding hydrogens is 318 g/mol. The van der Waals surface area contributed by atoms with E-state index in [2.05, 4.69) is 32.3 Å². The maximum Gasteiger partial charge on any atom is 0.249 e. The van der Waals surface area contributed by atoms with Crippen molar-refractivity contribution in [2.45, 2.75) is 38.6 Å². The Bertz CT molecular complexity index is 710. The first kappa shape index (κ1) is 17.3. The third kappa shape index (κ3) is 3.92. The van der Waals surface area contributed by atoms with E-state index < -0.39 is 0 Å². The molecule has 1 aromatic carbocycles. The Kier molecular flexibility index (Phi) is 5.53.